The van der Waals surface area contributed by atoms with Gasteiger partial charge in [-0.15, -0.1) is 0 Å². The van der Waals surface area contributed by atoms with Crippen LogP contribution in [0.1, 0.15) is 6.42 Å². The normalized spacial score (nSPS) is 11.1. The van der Waals surface area contributed by atoms with Crippen LogP contribution in [0.15, 0.2) is 0 Å². The van der Waals surface area contributed by atoms with E-state index in [1.54, 1.807) is 0 Å². The second-order valence-electron chi connectivity index (χ2n) is 1.24. The molecule has 0 amide bonds. The van der Waals surface area contributed by atoms with E-state index in [2.05, 4.69) is 12.2 Å². The Morgan fingerprint density at radius 3 is 2.25 bits per heavy atom. The van der Waals surface area contributed by atoms with Gasteiger partial charge in [-0.3, -0.25) is 4.55 Å². The van der Waals surface area contributed by atoms with Gasteiger partial charge < -0.3 is 0 Å². The number of rotatable bonds is 3. The van der Waals surface area contributed by atoms with E-state index < -0.39 is 10.1 Å². The Hall–Kier alpha value is -0.0000000000000000555. The van der Waals surface area contributed by atoms with Crippen LogP contribution in [0.25, 0.3) is 0 Å². The fourth-order valence-corrected chi connectivity index (χ4v) is 0.880. The largest absolute Gasteiger partial charge is 0.286 e. The Bertz CT molecular complexity index is 157. The van der Waals surface area contributed by atoms with E-state index in [1.165, 1.54) is 5.37 Å². The van der Waals surface area contributed by atoms with Crippen LogP contribution in [-0.4, -0.2) is 24.1 Å². The smallest absolute Gasteiger partial charge is 0.265 e. The average molecular weight is 154 g/mol. The van der Waals surface area contributed by atoms with Crippen molar-refractivity contribution < 1.29 is 13.0 Å². The number of hydrogen-bond acceptors (Lipinski definition) is 3. The molecule has 0 aliphatic carbocycles. The van der Waals surface area contributed by atoms with Gasteiger partial charge in [0.15, 0.2) is 0 Å². The molecule has 0 atom stereocenters. The first kappa shape index (κ1) is 8.00. The van der Waals surface area contributed by atoms with Crippen molar-refractivity contribution in [2.75, 3.05) is 5.75 Å². The van der Waals surface area contributed by atoms with Crippen molar-refractivity contribution in [3.63, 3.8) is 0 Å². The highest BCUT2D eigenvalue weighted by Crippen LogP contribution is 1.83. The van der Waals surface area contributed by atoms with E-state index in [0.717, 1.165) is 0 Å². The molecule has 0 radical (unpaired) electrons. The summed E-state index contributed by atoms with van der Waals surface area (Å²) in [6.45, 7) is 0. The third-order valence-electron chi connectivity index (χ3n) is 0.494. The van der Waals surface area contributed by atoms with Gasteiger partial charge in [-0.05, 0) is 11.8 Å². The van der Waals surface area contributed by atoms with Gasteiger partial charge in [0.05, 0.1) is 5.75 Å². The van der Waals surface area contributed by atoms with Crippen LogP contribution in [-0.2, 0) is 10.1 Å². The molecule has 0 saturated carbocycles. The fourth-order valence-electron chi connectivity index (χ4n) is 0.197. The van der Waals surface area contributed by atoms with Crippen LogP contribution in [0.5, 0.6) is 0 Å². The highest BCUT2D eigenvalue weighted by atomic mass is 32.2. The number of hydrogen-bond donors (Lipinski definition) is 1. The first-order chi connectivity index (χ1) is 3.56. The predicted octanol–water partition coefficient (Wildman–Crippen LogP) is 0.264. The molecule has 0 aromatic carbocycles. The quantitative estimate of drug-likeness (QED) is 0.468. The minimum Gasteiger partial charge on any atom is -0.286 e. The van der Waals surface area contributed by atoms with Gasteiger partial charge in [0.2, 0.25) is 0 Å². The van der Waals surface area contributed by atoms with E-state index in [9.17, 15) is 8.42 Å². The van der Waals surface area contributed by atoms with Crippen LogP contribution in [0.3, 0.4) is 0 Å². The van der Waals surface area contributed by atoms with Gasteiger partial charge in [-0.25, -0.2) is 0 Å². The lowest BCUT2D eigenvalue weighted by atomic mass is 10.6. The van der Waals surface area contributed by atoms with Crippen LogP contribution < -0.4 is 0 Å². The van der Waals surface area contributed by atoms with E-state index in [1.807, 2.05) is 0 Å². The minimum atomic E-state index is -3.78. The molecule has 8 heavy (non-hydrogen) atoms. The minimum absolute atomic E-state index is 0.230. The second-order valence-corrected chi connectivity index (χ2v) is 3.15. The zero-order valence-electron chi connectivity index (χ0n) is 4.07. The SMILES string of the molecule is O=S(=O)(O)CCC=S. The topological polar surface area (TPSA) is 54.4 Å². The molecule has 5 heteroatoms. The molecule has 0 aromatic heterocycles. The molecule has 0 aliphatic rings. The van der Waals surface area contributed by atoms with E-state index >= 15 is 0 Å². The zero-order chi connectivity index (χ0) is 6.62. The predicted molar refractivity (Wildman–Crippen MR) is 34.7 cm³/mol. The third-order valence-corrected chi connectivity index (χ3v) is 1.48. The molecule has 48 valence electrons. The van der Waals surface area contributed by atoms with E-state index in [0.29, 0.717) is 0 Å². The van der Waals surface area contributed by atoms with E-state index in [-0.39, 0.29) is 12.2 Å². The van der Waals surface area contributed by atoms with Gasteiger partial charge in [0, 0.05) is 0 Å². The van der Waals surface area contributed by atoms with Crippen LogP contribution in [0.2, 0.25) is 0 Å². The van der Waals surface area contributed by atoms with Crippen molar-refractivity contribution in [3.8, 4) is 0 Å². The molecular weight excluding hydrogens is 148 g/mol. The lowest BCUT2D eigenvalue weighted by molar-refractivity contribution is 0.484. The van der Waals surface area contributed by atoms with Gasteiger partial charge in [-0.1, -0.05) is 12.2 Å². The maximum absolute atomic E-state index is 9.88. The molecule has 0 saturated heterocycles. The van der Waals surface area contributed by atoms with Crippen LogP contribution in [0.4, 0.5) is 0 Å². The van der Waals surface area contributed by atoms with E-state index in [4.69, 9.17) is 4.55 Å². The van der Waals surface area contributed by atoms with Gasteiger partial charge in [-0.2, -0.15) is 8.42 Å². The average Bonchev–Trinajstić information content (AvgIpc) is 1.59. The fraction of sp³-hybridized carbons (Fsp3) is 0.667. The van der Waals surface area contributed by atoms with Crippen molar-refractivity contribution in [1.82, 2.24) is 0 Å². The first-order valence-corrected chi connectivity index (χ1v) is 4.03. The Morgan fingerprint density at radius 1 is 1.62 bits per heavy atom. The van der Waals surface area contributed by atoms with Gasteiger partial charge >= 0.3 is 0 Å². The monoisotopic (exact) mass is 154 g/mol. The van der Waals surface area contributed by atoms with Crippen LogP contribution in [0, 0.1) is 0 Å². The van der Waals surface area contributed by atoms with Crippen LogP contribution >= 0.6 is 12.2 Å². The summed E-state index contributed by atoms with van der Waals surface area (Å²) in [5.74, 6) is -0.267. The lowest BCUT2D eigenvalue weighted by Gasteiger charge is -1.86. The second kappa shape index (κ2) is 3.11. The molecule has 0 heterocycles. The Kier molecular flexibility index (Phi) is 3.11. The molecule has 0 aromatic rings. The van der Waals surface area contributed by atoms with Crippen molar-refractivity contribution in [2.45, 2.75) is 6.42 Å². The standard InChI is InChI=1S/C3H6O3S2/c4-8(5,6)3-1-2-7/h2H,1,3H2,(H,4,5,6). The maximum atomic E-state index is 9.88. The summed E-state index contributed by atoms with van der Waals surface area (Å²) < 4.78 is 27.8. The highest BCUT2D eigenvalue weighted by molar-refractivity contribution is 7.85. The number of thiocarbonyl (C=S) groups is 1. The van der Waals surface area contributed by atoms with Gasteiger partial charge in [0.25, 0.3) is 10.1 Å². The molecule has 3 nitrogen and oxygen atoms in total. The summed E-state index contributed by atoms with van der Waals surface area (Å²) in [5.41, 5.74) is 0. The summed E-state index contributed by atoms with van der Waals surface area (Å²) >= 11 is 4.32. The molecule has 1 N–H and O–H groups in total. The highest BCUT2D eigenvalue weighted by Gasteiger charge is 1.99. The molecule has 0 bridgehead atoms. The van der Waals surface area contributed by atoms with Gasteiger partial charge in [0.1, 0.15) is 0 Å². The molecule has 0 rings (SSSR count). The Balaban J connectivity index is 3.57. The summed E-state index contributed by atoms with van der Waals surface area (Å²) in [6.07, 6.45) is 0.230. The molecule has 0 unspecified atom stereocenters. The van der Waals surface area contributed by atoms with Crippen molar-refractivity contribution >= 4 is 27.7 Å². The molecule has 0 spiro atoms. The first-order valence-electron chi connectivity index (χ1n) is 1.95. The van der Waals surface area contributed by atoms with Crippen molar-refractivity contribution in [2.24, 2.45) is 0 Å². The summed E-state index contributed by atoms with van der Waals surface area (Å²) in [6, 6.07) is 0. The lowest BCUT2D eigenvalue weighted by Crippen LogP contribution is -2.02. The summed E-state index contributed by atoms with van der Waals surface area (Å²) in [4.78, 5) is 0. The van der Waals surface area contributed by atoms with Crippen molar-refractivity contribution in [3.05, 3.63) is 0 Å². The molecule has 0 fully saturated rings. The third kappa shape index (κ3) is 6.00. The molecule has 0 aliphatic heterocycles. The van der Waals surface area contributed by atoms with Crippen molar-refractivity contribution in [1.29, 1.82) is 0 Å². The Morgan fingerprint density at radius 2 is 2.12 bits per heavy atom. The zero-order valence-corrected chi connectivity index (χ0v) is 5.70. The Labute approximate surface area is 53.5 Å². The maximum Gasteiger partial charge on any atom is 0.265 e. The summed E-state index contributed by atoms with van der Waals surface area (Å²) in [7, 11) is -3.78. The molecular formula is C3H6O3S2. The summed E-state index contributed by atoms with van der Waals surface area (Å²) in [5, 5.41) is 1.27.